The predicted octanol–water partition coefficient (Wildman–Crippen LogP) is 2.87. The molecule has 5 heteroatoms. The third-order valence-electron chi connectivity index (χ3n) is 6.38. The lowest BCUT2D eigenvalue weighted by molar-refractivity contribution is -0.135. The average molecular weight is 378 g/mol. The molecule has 2 saturated carbocycles. The van der Waals surface area contributed by atoms with E-state index < -0.39 is 0 Å². The van der Waals surface area contributed by atoms with Crippen LogP contribution in [0, 0.1) is 11.8 Å². The zero-order valence-electron chi connectivity index (χ0n) is 15.7. The van der Waals surface area contributed by atoms with Crippen molar-refractivity contribution in [1.82, 2.24) is 9.80 Å². The summed E-state index contributed by atoms with van der Waals surface area (Å²) >= 11 is 0. The van der Waals surface area contributed by atoms with E-state index in [1.165, 1.54) is 31.2 Å². The number of benzene rings is 1. The van der Waals surface area contributed by atoms with E-state index in [-0.39, 0.29) is 12.4 Å². The average Bonchev–Trinajstić information content (AvgIpc) is 3.53. The first-order valence-corrected chi connectivity index (χ1v) is 9.96. The Morgan fingerprint density at radius 2 is 1.88 bits per heavy atom. The molecule has 1 unspecified atom stereocenters. The fourth-order valence-corrected chi connectivity index (χ4v) is 4.60. The Morgan fingerprint density at radius 3 is 2.46 bits per heavy atom. The number of hydrogen-bond acceptors (Lipinski definition) is 3. The van der Waals surface area contributed by atoms with Crippen molar-refractivity contribution in [3.63, 3.8) is 0 Å². The normalized spacial score (nSPS) is 27.0. The van der Waals surface area contributed by atoms with Gasteiger partial charge in [0.2, 0.25) is 5.91 Å². The summed E-state index contributed by atoms with van der Waals surface area (Å²) in [4.78, 5) is 17.6. The second-order valence-electron chi connectivity index (χ2n) is 8.32. The second kappa shape index (κ2) is 8.28. The summed E-state index contributed by atoms with van der Waals surface area (Å²) in [6, 6.07) is 11.6. The Labute approximate surface area is 163 Å². The summed E-state index contributed by atoms with van der Waals surface area (Å²) in [6.07, 6.45) is 4.99. The van der Waals surface area contributed by atoms with Gasteiger partial charge in [-0.1, -0.05) is 30.3 Å². The van der Waals surface area contributed by atoms with Gasteiger partial charge in [0.05, 0.1) is 6.54 Å². The number of amides is 1. The number of rotatable bonds is 7. The van der Waals surface area contributed by atoms with Crippen LogP contribution in [-0.2, 0) is 4.79 Å². The van der Waals surface area contributed by atoms with E-state index in [9.17, 15) is 4.79 Å². The van der Waals surface area contributed by atoms with Crippen LogP contribution in [0.25, 0.3) is 0 Å². The van der Waals surface area contributed by atoms with Crippen molar-refractivity contribution in [2.75, 3.05) is 26.2 Å². The number of hydrogen-bond donors (Lipinski definition) is 1. The molecule has 1 amide bonds. The Kier molecular flexibility index (Phi) is 6.26. The van der Waals surface area contributed by atoms with Gasteiger partial charge in [-0.05, 0) is 56.6 Å². The molecule has 1 aromatic rings. The number of halogens is 1. The molecule has 3 fully saturated rings. The molecule has 2 N–H and O–H groups in total. The van der Waals surface area contributed by atoms with E-state index in [0.717, 1.165) is 19.0 Å². The molecule has 26 heavy (non-hydrogen) atoms. The van der Waals surface area contributed by atoms with Crippen LogP contribution in [0.2, 0.25) is 0 Å². The Morgan fingerprint density at radius 1 is 1.19 bits per heavy atom. The van der Waals surface area contributed by atoms with E-state index in [0.29, 0.717) is 42.9 Å². The first-order valence-electron chi connectivity index (χ1n) is 9.96. The number of nitrogens with two attached hydrogens (primary N) is 1. The summed E-state index contributed by atoms with van der Waals surface area (Å²) in [6.45, 7) is 5.40. The highest BCUT2D eigenvalue weighted by molar-refractivity contribution is 5.85. The summed E-state index contributed by atoms with van der Waals surface area (Å²) in [7, 11) is 0. The lowest BCUT2D eigenvalue weighted by atomic mass is 9.89. The van der Waals surface area contributed by atoms with E-state index in [1.807, 2.05) is 0 Å². The maximum Gasteiger partial charge on any atom is 0.237 e. The lowest BCUT2D eigenvalue weighted by Gasteiger charge is -2.31. The molecule has 3 aliphatic rings. The van der Waals surface area contributed by atoms with Crippen molar-refractivity contribution in [2.24, 2.45) is 17.6 Å². The number of carbonyl (C=O) groups is 1. The highest BCUT2D eigenvalue weighted by Gasteiger charge is 2.42. The SMILES string of the molecule is CC(C1CC1)N(C(=O)CN1C[C@@H](CN)[C@H](c2ccccc2)C1)C1CC1.Cl. The third-order valence-corrected chi connectivity index (χ3v) is 6.38. The van der Waals surface area contributed by atoms with Gasteiger partial charge in [0.25, 0.3) is 0 Å². The van der Waals surface area contributed by atoms with E-state index >= 15 is 0 Å². The molecule has 0 spiro atoms. The summed E-state index contributed by atoms with van der Waals surface area (Å²) < 4.78 is 0. The van der Waals surface area contributed by atoms with Gasteiger partial charge in [0.1, 0.15) is 0 Å². The van der Waals surface area contributed by atoms with Crippen LogP contribution in [0.15, 0.2) is 30.3 Å². The van der Waals surface area contributed by atoms with Gasteiger partial charge in [-0.25, -0.2) is 0 Å². The standard InChI is InChI=1S/C21H31N3O.ClH/c1-15(16-7-8-16)24(19-9-10-19)21(25)14-23-12-18(11-22)20(13-23)17-5-3-2-4-6-17;/h2-6,15-16,18-20H,7-14,22H2,1H3;1H/t15?,18-,20+;/m1./s1. The molecule has 1 saturated heterocycles. The first kappa shape index (κ1) is 19.7. The highest BCUT2D eigenvalue weighted by atomic mass is 35.5. The van der Waals surface area contributed by atoms with Gasteiger partial charge in [-0.3, -0.25) is 9.69 Å². The number of carbonyl (C=O) groups excluding carboxylic acids is 1. The smallest absolute Gasteiger partial charge is 0.237 e. The van der Waals surface area contributed by atoms with Crippen molar-refractivity contribution >= 4 is 18.3 Å². The molecule has 0 radical (unpaired) electrons. The molecule has 1 aliphatic heterocycles. The van der Waals surface area contributed by atoms with Crippen molar-refractivity contribution in [1.29, 1.82) is 0 Å². The fourth-order valence-electron chi connectivity index (χ4n) is 4.60. The van der Waals surface area contributed by atoms with Crippen LogP contribution in [0.1, 0.15) is 44.1 Å². The van der Waals surface area contributed by atoms with Crippen LogP contribution in [-0.4, -0.2) is 54.0 Å². The van der Waals surface area contributed by atoms with Crippen LogP contribution in [0.5, 0.6) is 0 Å². The zero-order chi connectivity index (χ0) is 17.4. The molecule has 4 nitrogen and oxygen atoms in total. The Bertz CT molecular complexity index is 603. The first-order chi connectivity index (χ1) is 12.2. The largest absolute Gasteiger partial charge is 0.336 e. The van der Waals surface area contributed by atoms with Crippen LogP contribution in [0.4, 0.5) is 0 Å². The number of nitrogens with zero attached hydrogens (tertiary/aromatic N) is 2. The Balaban J connectivity index is 0.00000196. The maximum atomic E-state index is 13.0. The molecular formula is C21H32ClN3O. The van der Waals surface area contributed by atoms with Gasteiger partial charge in [0.15, 0.2) is 0 Å². The van der Waals surface area contributed by atoms with Gasteiger partial charge < -0.3 is 10.6 Å². The fraction of sp³-hybridized carbons (Fsp3) is 0.667. The molecule has 0 bridgehead atoms. The molecule has 4 rings (SSSR count). The third kappa shape index (κ3) is 4.24. The predicted molar refractivity (Wildman–Crippen MR) is 107 cm³/mol. The second-order valence-corrected chi connectivity index (χ2v) is 8.32. The zero-order valence-corrected chi connectivity index (χ0v) is 16.5. The van der Waals surface area contributed by atoms with Crippen LogP contribution < -0.4 is 5.73 Å². The number of likely N-dealkylation sites (tertiary alicyclic amines) is 1. The van der Waals surface area contributed by atoms with Gasteiger partial charge in [-0.2, -0.15) is 0 Å². The van der Waals surface area contributed by atoms with Crippen molar-refractivity contribution in [3.05, 3.63) is 35.9 Å². The van der Waals surface area contributed by atoms with Crippen molar-refractivity contribution < 1.29 is 4.79 Å². The topological polar surface area (TPSA) is 49.6 Å². The van der Waals surface area contributed by atoms with Crippen LogP contribution in [0.3, 0.4) is 0 Å². The maximum absolute atomic E-state index is 13.0. The summed E-state index contributed by atoms with van der Waals surface area (Å²) in [5.41, 5.74) is 7.41. The van der Waals surface area contributed by atoms with Crippen LogP contribution >= 0.6 is 12.4 Å². The minimum Gasteiger partial charge on any atom is -0.336 e. The molecule has 144 valence electrons. The highest BCUT2D eigenvalue weighted by Crippen LogP contribution is 2.40. The van der Waals surface area contributed by atoms with Gasteiger partial charge in [0, 0.05) is 31.1 Å². The van der Waals surface area contributed by atoms with Gasteiger partial charge in [-0.15, -0.1) is 12.4 Å². The van der Waals surface area contributed by atoms with Crippen molar-refractivity contribution in [2.45, 2.75) is 50.6 Å². The van der Waals surface area contributed by atoms with Gasteiger partial charge >= 0.3 is 0 Å². The summed E-state index contributed by atoms with van der Waals surface area (Å²) in [5, 5.41) is 0. The Hall–Kier alpha value is -1.10. The van der Waals surface area contributed by atoms with Crippen molar-refractivity contribution in [3.8, 4) is 0 Å². The van der Waals surface area contributed by atoms with E-state index in [1.54, 1.807) is 0 Å². The molecule has 1 aromatic carbocycles. The van der Waals surface area contributed by atoms with E-state index in [4.69, 9.17) is 5.73 Å². The van der Waals surface area contributed by atoms with E-state index in [2.05, 4.69) is 47.1 Å². The minimum atomic E-state index is 0. The lowest BCUT2D eigenvalue weighted by Crippen LogP contribution is -2.46. The molecule has 2 aliphatic carbocycles. The molecule has 0 aromatic heterocycles. The molecule has 1 heterocycles. The molecular weight excluding hydrogens is 346 g/mol. The summed E-state index contributed by atoms with van der Waals surface area (Å²) in [5.74, 6) is 1.99. The quantitative estimate of drug-likeness (QED) is 0.794. The molecule has 3 atom stereocenters. The monoisotopic (exact) mass is 377 g/mol. The minimum absolute atomic E-state index is 0.